The maximum atomic E-state index is 13.3. The van der Waals surface area contributed by atoms with Gasteiger partial charge in [0.05, 0.1) is 17.5 Å². The molecule has 6 heteroatoms. The van der Waals surface area contributed by atoms with E-state index < -0.39 is 0 Å². The number of hydrogen-bond donors (Lipinski definition) is 0. The number of carbonyl (C=O) groups is 3. The normalized spacial score (nSPS) is 38.1. The zero-order chi connectivity index (χ0) is 17.6. The molecule has 6 unspecified atom stereocenters. The van der Waals surface area contributed by atoms with Crippen LogP contribution in [0.1, 0.15) is 27.2 Å². The fourth-order valence-electron chi connectivity index (χ4n) is 5.77. The zero-order valence-electron chi connectivity index (χ0n) is 14.4. The predicted molar refractivity (Wildman–Crippen MR) is 93.3 cm³/mol. The highest BCUT2D eigenvalue weighted by molar-refractivity contribution is 7.08. The zero-order valence-corrected chi connectivity index (χ0v) is 15.2. The van der Waals surface area contributed by atoms with Crippen molar-refractivity contribution in [2.75, 3.05) is 5.01 Å². The van der Waals surface area contributed by atoms with E-state index in [0.29, 0.717) is 17.5 Å². The molecule has 6 atom stereocenters. The minimum atomic E-state index is -0.308. The van der Waals surface area contributed by atoms with Crippen molar-refractivity contribution in [3.05, 3.63) is 28.0 Å². The molecule has 1 aromatic heterocycles. The van der Waals surface area contributed by atoms with E-state index in [4.69, 9.17) is 0 Å². The molecule has 0 radical (unpaired) electrons. The lowest BCUT2D eigenvalue weighted by Crippen LogP contribution is -2.50. The molecule has 2 heterocycles. The molecule has 5 nitrogen and oxygen atoms in total. The number of amides is 3. The van der Waals surface area contributed by atoms with Crippen molar-refractivity contribution in [3.63, 3.8) is 0 Å². The van der Waals surface area contributed by atoms with Gasteiger partial charge in [0.15, 0.2) is 0 Å². The van der Waals surface area contributed by atoms with E-state index in [1.165, 1.54) is 34.4 Å². The average molecular weight is 356 g/mol. The van der Waals surface area contributed by atoms with Gasteiger partial charge in [-0.25, -0.2) is 5.01 Å². The summed E-state index contributed by atoms with van der Waals surface area (Å²) < 4.78 is 0. The monoisotopic (exact) mass is 356 g/mol. The van der Waals surface area contributed by atoms with Crippen LogP contribution < -0.4 is 5.01 Å². The standard InChI is InChI=1S/C19H20N2O3S/c1-8-9(2)15-13-6-12(13)14(8)16-17(15)19(24)21(18(16)23)20(10(3)22)11-4-5-25-7-11/h4-5,7,12-17H,6H2,1-3H3. The number of anilines is 1. The highest BCUT2D eigenvalue weighted by atomic mass is 32.1. The van der Waals surface area contributed by atoms with Gasteiger partial charge in [0.2, 0.25) is 5.91 Å². The molecule has 130 valence electrons. The van der Waals surface area contributed by atoms with Gasteiger partial charge in [-0.2, -0.15) is 16.3 Å². The molecule has 3 amide bonds. The van der Waals surface area contributed by atoms with Gasteiger partial charge in [-0.15, -0.1) is 0 Å². The van der Waals surface area contributed by atoms with Crippen LogP contribution in [0.2, 0.25) is 0 Å². The molecular weight excluding hydrogens is 336 g/mol. The summed E-state index contributed by atoms with van der Waals surface area (Å²) in [5, 5.41) is 6.06. The number of hydrogen-bond acceptors (Lipinski definition) is 4. The number of thiophene rings is 1. The summed E-state index contributed by atoms with van der Waals surface area (Å²) in [6.45, 7) is 5.65. The summed E-state index contributed by atoms with van der Waals surface area (Å²) in [7, 11) is 0. The van der Waals surface area contributed by atoms with Crippen molar-refractivity contribution < 1.29 is 14.4 Å². The Morgan fingerprint density at radius 1 is 1.08 bits per heavy atom. The van der Waals surface area contributed by atoms with E-state index in [1.807, 2.05) is 5.38 Å². The van der Waals surface area contributed by atoms with Crippen LogP contribution in [0.15, 0.2) is 28.0 Å². The Morgan fingerprint density at radius 2 is 1.64 bits per heavy atom. The molecule has 5 aliphatic rings. The van der Waals surface area contributed by atoms with Gasteiger partial charge >= 0.3 is 0 Å². The minimum absolute atomic E-state index is 0.178. The smallest absolute Gasteiger partial charge is 0.253 e. The average Bonchev–Trinajstić information content (AvgIpc) is 3.11. The molecule has 0 spiro atoms. The van der Waals surface area contributed by atoms with E-state index in [0.717, 1.165) is 11.4 Å². The minimum Gasteiger partial charge on any atom is -0.273 e. The van der Waals surface area contributed by atoms with Crippen LogP contribution in [-0.2, 0) is 14.4 Å². The predicted octanol–water partition coefficient (Wildman–Crippen LogP) is 2.85. The summed E-state index contributed by atoms with van der Waals surface area (Å²) in [6.07, 6.45) is 1.14. The number of hydrazine groups is 1. The molecule has 25 heavy (non-hydrogen) atoms. The number of nitrogens with zero attached hydrogens (tertiary/aromatic N) is 2. The Bertz CT molecular complexity index is 801. The van der Waals surface area contributed by atoms with Crippen LogP contribution in [0.4, 0.5) is 5.69 Å². The van der Waals surface area contributed by atoms with E-state index in [9.17, 15) is 14.4 Å². The Hall–Kier alpha value is -1.95. The second-order valence-electron chi connectivity index (χ2n) is 7.83. The Kier molecular flexibility index (Phi) is 2.95. The van der Waals surface area contributed by atoms with Gasteiger partial charge in [0.1, 0.15) is 0 Å². The van der Waals surface area contributed by atoms with E-state index in [2.05, 4.69) is 13.8 Å². The van der Waals surface area contributed by atoms with Crippen LogP contribution in [0.25, 0.3) is 0 Å². The first kappa shape index (κ1) is 15.3. The van der Waals surface area contributed by atoms with Crippen molar-refractivity contribution in [3.8, 4) is 0 Å². The number of allylic oxidation sites excluding steroid dienone is 2. The van der Waals surface area contributed by atoms with Crippen LogP contribution in [0.3, 0.4) is 0 Å². The van der Waals surface area contributed by atoms with E-state index >= 15 is 0 Å². The highest BCUT2D eigenvalue weighted by Gasteiger charge is 2.70. The maximum absolute atomic E-state index is 13.3. The summed E-state index contributed by atoms with van der Waals surface area (Å²) in [5.41, 5.74) is 3.20. The number of imide groups is 1. The van der Waals surface area contributed by atoms with Gasteiger partial charge < -0.3 is 0 Å². The highest BCUT2D eigenvalue weighted by Crippen LogP contribution is 2.69. The van der Waals surface area contributed by atoms with Crippen molar-refractivity contribution in [2.24, 2.45) is 35.5 Å². The summed E-state index contributed by atoms with van der Waals surface area (Å²) in [4.78, 5) is 38.9. The number of rotatable bonds is 2. The van der Waals surface area contributed by atoms with Crippen molar-refractivity contribution in [2.45, 2.75) is 27.2 Å². The molecule has 3 fully saturated rings. The quantitative estimate of drug-likeness (QED) is 0.605. The molecule has 0 N–H and O–H groups in total. The van der Waals surface area contributed by atoms with Gasteiger partial charge in [0.25, 0.3) is 11.8 Å². The third-order valence-electron chi connectivity index (χ3n) is 6.83. The number of carbonyl (C=O) groups excluding carboxylic acids is 3. The molecule has 0 aromatic carbocycles. The molecule has 1 aliphatic heterocycles. The molecular formula is C19H20N2O3S. The molecule has 1 aromatic rings. The van der Waals surface area contributed by atoms with Crippen molar-refractivity contribution in [1.29, 1.82) is 0 Å². The summed E-state index contributed by atoms with van der Waals surface area (Å²) >= 11 is 1.44. The molecule has 1 saturated heterocycles. The molecule has 6 rings (SSSR count). The molecule has 2 bridgehead atoms. The van der Waals surface area contributed by atoms with Crippen LogP contribution in [0.5, 0.6) is 0 Å². The first-order chi connectivity index (χ1) is 11.9. The second-order valence-corrected chi connectivity index (χ2v) is 8.61. The Balaban J connectivity index is 1.60. The van der Waals surface area contributed by atoms with Crippen LogP contribution in [-0.4, -0.2) is 22.7 Å². The summed E-state index contributed by atoms with van der Waals surface area (Å²) in [6, 6.07) is 1.77. The van der Waals surface area contributed by atoms with Crippen molar-refractivity contribution in [1.82, 2.24) is 5.01 Å². The second kappa shape index (κ2) is 4.81. The van der Waals surface area contributed by atoms with Gasteiger partial charge in [-0.1, -0.05) is 11.1 Å². The first-order valence-electron chi connectivity index (χ1n) is 8.81. The van der Waals surface area contributed by atoms with Gasteiger partial charge in [-0.05, 0) is 55.4 Å². The fourth-order valence-corrected chi connectivity index (χ4v) is 6.38. The van der Waals surface area contributed by atoms with Gasteiger partial charge in [-0.3, -0.25) is 14.4 Å². The summed E-state index contributed by atoms with van der Waals surface area (Å²) in [5.74, 6) is 0.202. The SMILES string of the molecule is CC(=O)N(c1ccsc1)N1C(=O)C2C3C(C)=C(C)C(C4CC43)C2C1=O. The van der Waals surface area contributed by atoms with E-state index in [1.54, 1.807) is 11.4 Å². The van der Waals surface area contributed by atoms with Crippen molar-refractivity contribution >= 4 is 34.7 Å². The largest absolute Gasteiger partial charge is 0.273 e. The molecule has 2 saturated carbocycles. The van der Waals surface area contributed by atoms with Crippen LogP contribution in [0, 0.1) is 35.5 Å². The Morgan fingerprint density at radius 3 is 2.08 bits per heavy atom. The third-order valence-corrected chi connectivity index (χ3v) is 7.50. The Labute approximate surface area is 150 Å². The lowest BCUT2D eigenvalue weighted by Gasteiger charge is -2.44. The first-order valence-corrected chi connectivity index (χ1v) is 9.75. The lowest BCUT2D eigenvalue weighted by molar-refractivity contribution is -0.144. The fraction of sp³-hybridized carbons (Fsp3) is 0.526. The topological polar surface area (TPSA) is 57.7 Å². The van der Waals surface area contributed by atoms with Crippen LogP contribution >= 0.6 is 11.3 Å². The van der Waals surface area contributed by atoms with E-state index in [-0.39, 0.29) is 41.4 Å². The lowest BCUT2D eigenvalue weighted by atomic mass is 9.57. The van der Waals surface area contributed by atoms with Gasteiger partial charge in [0, 0.05) is 12.3 Å². The molecule has 4 aliphatic carbocycles. The third kappa shape index (κ3) is 1.76. The maximum Gasteiger partial charge on any atom is 0.253 e.